The lowest BCUT2D eigenvalue weighted by atomic mass is 9.86. The first kappa shape index (κ1) is 13.2. The van der Waals surface area contributed by atoms with Crippen LogP contribution >= 0.6 is 0 Å². The van der Waals surface area contributed by atoms with Crippen molar-refractivity contribution in [2.45, 2.75) is 52.0 Å². The molecule has 3 heteroatoms. The second-order valence-corrected chi connectivity index (χ2v) is 4.66. The normalized spacial score (nSPS) is 26.8. The van der Waals surface area contributed by atoms with Gasteiger partial charge in [0.2, 0.25) is 0 Å². The van der Waals surface area contributed by atoms with Gasteiger partial charge in [0.1, 0.15) is 0 Å². The molecule has 1 rings (SSSR count). The van der Waals surface area contributed by atoms with Crippen LogP contribution in [0, 0.1) is 5.92 Å². The summed E-state index contributed by atoms with van der Waals surface area (Å²) in [5, 5.41) is 12.3. The van der Waals surface area contributed by atoms with Gasteiger partial charge >= 0.3 is 5.97 Å². The van der Waals surface area contributed by atoms with E-state index in [9.17, 15) is 4.79 Å². The summed E-state index contributed by atoms with van der Waals surface area (Å²) in [4.78, 5) is 10.8. The molecule has 2 atom stereocenters. The van der Waals surface area contributed by atoms with Crippen molar-refractivity contribution < 1.29 is 9.90 Å². The van der Waals surface area contributed by atoms with Gasteiger partial charge in [0.05, 0.1) is 0 Å². The summed E-state index contributed by atoms with van der Waals surface area (Å²) < 4.78 is 0. The maximum absolute atomic E-state index is 10.8. The molecule has 1 fully saturated rings. The Labute approximate surface area is 97.9 Å². The Hall–Kier alpha value is -0.830. The van der Waals surface area contributed by atoms with Gasteiger partial charge in [0.15, 0.2) is 0 Å². The molecule has 0 aromatic heterocycles. The Morgan fingerprint density at radius 1 is 1.44 bits per heavy atom. The van der Waals surface area contributed by atoms with Crippen molar-refractivity contribution in [1.82, 2.24) is 5.32 Å². The fourth-order valence-electron chi connectivity index (χ4n) is 2.34. The zero-order valence-electron chi connectivity index (χ0n) is 10.3. The fourth-order valence-corrected chi connectivity index (χ4v) is 2.34. The molecule has 0 aromatic rings. The minimum absolute atomic E-state index is 0.510. The van der Waals surface area contributed by atoms with Crippen molar-refractivity contribution in [1.29, 1.82) is 0 Å². The summed E-state index contributed by atoms with van der Waals surface area (Å²) in [5.41, 5.74) is 0.510. The van der Waals surface area contributed by atoms with Crippen molar-refractivity contribution >= 4 is 5.97 Å². The van der Waals surface area contributed by atoms with Crippen LogP contribution < -0.4 is 5.32 Å². The lowest BCUT2D eigenvalue weighted by molar-refractivity contribution is -0.132. The molecular weight excluding hydrogens is 202 g/mol. The summed E-state index contributed by atoms with van der Waals surface area (Å²) in [6.45, 7) is 4.84. The van der Waals surface area contributed by atoms with Gasteiger partial charge in [0, 0.05) is 18.2 Å². The number of rotatable bonds is 5. The van der Waals surface area contributed by atoms with Crippen LogP contribution in [0.5, 0.6) is 0 Å². The molecule has 0 spiro atoms. The summed E-state index contributed by atoms with van der Waals surface area (Å²) in [5.74, 6) is -0.0713. The molecule has 1 aliphatic rings. The molecule has 2 unspecified atom stereocenters. The number of nitrogens with one attached hydrogen (secondary N) is 1. The van der Waals surface area contributed by atoms with Crippen LogP contribution in [-0.2, 0) is 4.79 Å². The van der Waals surface area contributed by atoms with Gasteiger partial charge < -0.3 is 10.4 Å². The summed E-state index contributed by atoms with van der Waals surface area (Å²) in [6.07, 6.45) is 7.56. The van der Waals surface area contributed by atoms with Crippen molar-refractivity contribution in [3.63, 3.8) is 0 Å². The van der Waals surface area contributed by atoms with Crippen molar-refractivity contribution in [3.05, 3.63) is 11.6 Å². The minimum atomic E-state index is -0.791. The second kappa shape index (κ2) is 6.69. The Bertz CT molecular complexity index is 261. The molecule has 16 heavy (non-hydrogen) atoms. The molecule has 1 aliphatic carbocycles. The molecule has 0 bridgehead atoms. The lowest BCUT2D eigenvalue weighted by Crippen LogP contribution is -2.37. The molecule has 92 valence electrons. The van der Waals surface area contributed by atoms with E-state index in [1.54, 1.807) is 0 Å². The molecule has 0 aromatic carbocycles. The van der Waals surface area contributed by atoms with Gasteiger partial charge in [-0.25, -0.2) is 4.79 Å². The summed E-state index contributed by atoms with van der Waals surface area (Å²) in [7, 11) is 0. The van der Waals surface area contributed by atoms with Crippen LogP contribution in [0.2, 0.25) is 0 Å². The van der Waals surface area contributed by atoms with Crippen molar-refractivity contribution in [2.24, 2.45) is 5.92 Å². The molecule has 2 N–H and O–H groups in total. The van der Waals surface area contributed by atoms with E-state index in [4.69, 9.17) is 5.11 Å². The van der Waals surface area contributed by atoms with Gasteiger partial charge in [-0.15, -0.1) is 0 Å². The monoisotopic (exact) mass is 225 g/mol. The SMILES string of the molecule is CCC(=CCNC1CCCCC1C)C(=O)O. The Morgan fingerprint density at radius 2 is 2.12 bits per heavy atom. The van der Waals surface area contributed by atoms with Crippen LogP contribution in [0.1, 0.15) is 46.0 Å². The predicted octanol–water partition coefficient (Wildman–Crippen LogP) is 2.58. The van der Waals surface area contributed by atoms with E-state index in [2.05, 4.69) is 12.2 Å². The average Bonchev–Trinajstić information content (AvgIpc) is 2.26. The number of carbonyl (C=O) groups is 1. The smallest absolute Gasteiger partial charge is 0.331 e. The Kier molecular flexibility index (Phi) is 5.53. The average molecular weight is 225 g/mol. The van der Waals surface area contributed by atoms with E-state index < -0.39 is 5.97 Å². The van der Waals surface area contributed by atoms with E-state index in [1.165, 1.54) is 25.7 Å². The maximum Gasteiger partial charge on any atom is 0.331 e. The summed E-state index contributed by atoms with van der Waals surface area (Å²) in [6, 6.07) is 0.567. The topological polar surface area (TPSA) is 49.3 Å². The van der Waals surface area contributed by atoms with E-state index in [0.29, 0.717) is 24.6 Å². The van der Waals surface area contributed by atoms with Crippen LogP contribution in [-0.4, -0.2) is 23.7 Å². The van der Waals surface area contributed by atoms with E-state index in [-0.39, 0.29) is 0 Å². The number of hydrogen-bond donors (Lipinski definition) is 2. The van der Waals surface area contributed by atoms with Gasteiger partial charge in [-0.2, -0.15) is 0 Å². The largest absolute Gasteiger partial charge is 0.478 e. The molecule has 0 saturated heterocycles. The minimum Gasteiger partial charge on any atom is -0.478 e. The third-order valence-electron chi connectivity index (χ3n) is 3.50. The van der Waals surface area contributed by atoms with Gasteiger partial charge in [-0.3, -0.25) is 0 Å². The third-order valence-corrected chi connectivity index (χ3v) is 3.50. The van der Waals surface area contributed by atoms with Crippen LogP contribution in [0.4, 0.5) is 0 Å². The van der Waals surface area contributed by atoms with Crippen molar-refractivity contribution in [2.75, 3.05) is 6.54 Å². The summed E-state index contributed by atoms with van der Waals surface area (Å²) >= 11 is 0. The molecule has 0 heterocycles. The van der Waals surface area contributed by atoms with Gasteiger partial charge in [-0.1, -0.05) is 32.8 Å². The highest BCUT2D eigenvalue weighted by Crippen LogP contribution is 2.23. The molecule has 1 saturated carbocycles. The van der Waals surface area contributed by atoms with Gasteiger partial charge in [0.25, 0.3) is 0 Å². The Balaban J connectivity index is 2.35. The maximum atomic E-state index is 10.8. The predicted molar refractivity (Wildman–Crippen MR) is 65.4 cm³/mol. The molecule has 0 aliphatic heterocycles. The quantitative estimate of drug-likeness (QED) is 0.707. The molecule has 0 amide bonds. The number of aliphatic carboxylic acids is 1. The van der Waals surface area contributed by atoms with E-state index in [1.807, 2.05) is 13.0 Å². The molecular formula is C13H23NO2. The van der Waals surface area contributed by atoms with E-state index in [0.717, 1.165) is 5.92 Å². The molecule has 3 nitrogen and oxygen atoms in total. The number of carboxylic acids is 1. The third kappa shape index (κ3) is 3.97. The van der Waals surface area contributed by atoms with Crippen LogP contribution in [0.15, 0.2) is 11.6 Å². The fraction of sp³-hybridized carbons (Fsp3) is 0.769. The standard InChI is InChI=1S/C13H23NO2/c1-3-11(13(15)16)8-9-14-12-7-5-4-6-10(12)2/h8,10,12,14H,3-7,9H2,1-2H3,(H,15,16). The lowest BCUT2D eigenvalue weighted by Gasteiger charge is -2.29. The second-order valence-electron chi connectivity index (χ2n) is 4.66. The highest BCUT2D eigenvalue weighted by atomic mass is 16.4. The molecule has 0 radical (unpaired) electrons. The van der Waals surface area contributed by atoms with Crippen molar-refractivity contribution in [3.8, 4) is 0 Å². The Morgan fingerprint density at radius 3 is 2.69 bits per heavy atom. The number of hydrogen-bond acceptors (Lipinski definition) is 2. The zero-order chi connectivity index (χ0) is 12.0. The van der Waals surface area contributed by atoms with Crippen LogP contribution in [0.25, 0.3) is 0 Å². The van der Waals surface area contributed by atoms with Gasteiger partial charge in [-0.05, 0) is 25.2 Å². The van der Waals surface area contributed by atoms with Crippen LogP contribution in [0.3, 0.4) is 0 Å². The highest BCUT2D eigenvalue weighted by Gasteiger charge is 2.19. The highest BCUT2D eigenvalue weighted by molar-refractivity contribution is 5.86. The van der Waals surface area contributed by atoms with E-state index >= 15 is 0 Å². The first-order valence-corrected chi connectivity index (χ1v) is 6.30. The first-order valence-electron chi connectivity index (χ1n) is 6.30. The first-order chi connectivity index (χ1) is 7.65. The number of carboxylic acid groups (broad SMARTS) is 1. The zero-order valence-corrected chi connectivity index (χ0v) is 10.3.